The van der Waals surface area contributed by atoms with E-state index in [0.717, 1.165) is 0 Å². The maximum atomic E-state index is 14.0. The molecule has 0 radical (unpaired) electrons. The molecule has 1 atom stereocenters. The lowest BCUT2D eigenvalue weighted by Gasteiger charge is -2.20. The molecule has 0 aliphatic heterocycles. The molecule has 0 saturated carbocycles. The Bertz CT molecular complexity index is 611. The first-order valence-corrected chi connectivity index (χ1v) is 7.02. The van der Waals surface area contributed by atoms with Gasteiger partial charge in [0.05, 0.1) is 5.02 Å². The molecule has 2 aromatic carbocycles. The molecule has 21 heavy (non-hydrogen) atoms. The third-order valence-corrected chi connectivity index (χ3v) is 3.55. The minimum absolute atomic E-state index is 0.00301. The van der Waals surface area contributed by atoms with Gasteiger partial charge in [-0.05, 0) is 36.7 Å². The minimum atomic E-state index is -0.663. The van der Waals surface area contributed by atoms with Crippen molar-refractivity contribution in [2.24, 2.45) is 0 Å². The normalized spacial score (nSPS) is 12.4. The van der Waals surface area contributed by atoms with Crippen LogP contribution in [0.1, 0.15) is 24.1 Å². The molecule has 0 fully saturated rings. The molecular weight excluding hydrogens is 299 g/mol. The van der Waals surface area contributed by atoms with Crippen molar-refractivity contribution in [1.82, 2.24) is 5.32 Å². The molecule has 0 heterocycles. The number of likely N-dealkylation sites (N-methyl/N-ethyl adjacent to an activating group) is 1. The molecule has 1 nitrogen and oxygen atoms in total. The third kappa shape index (κ3) is 3.57. The van der Waals surface area contributed by atoms with Crippen LogP contribution in [0.15, 0.2) is 36.4 Å². The van der Waals surface area contributed by atoms with Gasteiger partial charge in [-0.2, -0.15) is 0 Å². The summed E-state index contributed by atoms with van der Waals surface area (Å²) in [6.45, 7) is 2.32. The largest absolute Gasteiger partial charge is 0.310 e. The van der Waals surface area contributed by atoms with Crippen molar-refractivity contribution in [3.63, 3.8) is 0 Å². The van der Waals surface area contributed by atoms with Crippen LogP contribution in [0.25, 0.3) is 0 Å². The van der Waals surface area contributed by atoms with E-state index in [1.165, 1.54) is 24.3 Å². The molecule has 0 aromatic heterocycles. The summed E-state index contributed by atoms with van der Waals surface area (Å²) in [4.78, 5) is 0. The summed E-state index contributed by atoms with van der Waals surface area (Å²) < 4.78 is 41.8. The first-order valence-electron chi connectivity index (χ1n) is 6.64. The van der Waals surface area contributed by atoms with Crippen LogP contribution >= 0.6 is 11.6 Å². The average Bonchev–Trinajstić information content (AvgIpc) is 2.44. The lowest BCUT2D eigenvalue weighted by atomic mass is 9.97. The summed E-state index contributed by atoms with van der Waals surface area (Å²) in [6.07, 6.45) is 0.109. The monoisotopic (exact) mass is 313 g/mol. The van der Waals surface area contributed by atoms with Gasteiger partial charge in [-0.3, -0.25) is 0 Å². The summed E-state index contributed by atoms with van der Waals surface area (Å²) in [5, 5.41) is 2.98. The van der Waals surface area contributed by atoms with Crippen LogP contribution in [0.5, 0.6) is 0 Å². The molecule has 0 amide bonds. The van der Waals surface area contributed by atoms with Gasteiger partial charge in [-0.15, -0.1) is 0 Å². The maximum Gasteiger partial charge on any atom is 0.145 e. The van der Waals surface area contributed by atoms with Gasteiger partial charge in [0.1, 0.15) is 17.5 Å². The Hall–Kier alpha value is -1.52. The van der Waals surface area contributed by atoms with E-state index < -0.39 is 23.5 Å². The molecule has 2 aromatic rings. The Labute approximate surface area is 126 Å². The Morgan fingerprint density at radius 3 is 2.29 bits per heavy atom. The van der Waals surface area contributed by atoms with E-state index in [1.54, 1.807) is 12.1 Å². The summed E-state index contributed by atoms with van der Waals surface area (Å²) in [6, 6.07) is 7.63. The highest BCUT2D eigenvalue weighted by Crippen LogP contribution is 2.27. The Kier molecular flexibility index (Phi) is 5.26. The van der Waals surface area contributed by atoms with Gasteiger partial charge >= 0.3 is 0 Å². The molecule has 2 rings (SSSR count). The van der Waals surface area contributed by atoms with Crippen molar-refractivity contribution in [3.8, 4) is 0 Å². The molecule has 1 unspecified atom stereocenters. The molecular formula is C16H15ClF3N. The van der Waals surface area contributed by atoms with Gasteiger partial charge in [-0.1, -0.05) is 36.7 Å². The van der Waals surface area contributed by atoms with Crippen molar-refractivity contribution in [3.05, 3.63) is 70.0 Å². The lowest BCUT2D eigenvalue weighted by molar-refractivity contribution is 0.466. The highest BCUT2D eigenvalue weighted by molar-refractivity contribution is 6.30. The van der Waals surface area contributed by atoms with Crippen LogP contribution in [0, 0.1) is 17.5 Å². The van der Waals surface area contributed by atoms with Gasteiger partial charge in [0.25, 0.3) is 0 Å². The number of rotatable bonds is 5. The van der Waals surface area contributed by atoms with E-state index in [9.17, 15) is 13.2 Å². The van der Waals surface area contributed by atoms with Gasteiger partial charge < -0.3 is 5.32 Å². The lowest BCUT2D eigenvalue weighted by Crippen LogP contribution is -2.25. The third-order valence-electron chi connectivity index (χ3n) is 3.25. The first kappa shape index (κ1) is 15.9. The van der Waals surface area contributed by atoms with E-state index in [2.05, 4.69) is 5.32 Å². The van der Waals surface area contributed by atoms with Crippen molar-refractivity contribution in [2.45, 2.75) is 19.4 Å². The van der Waals surface area contributed by atoms with Crippen LogP contribution in [0.2, 0.25) is 5.02 Å². The summed E-state index contributed by atoms with van der Waals surface area (Å²) >= 11 is 5.74. The second kappa shape index (κ2) is 6.96. The van der Waals surface area contributed by atoms with Crippen LogP contribution in [-0.4, -0.2) is 6.54 Å². The highest BCUT2D eigenvalue weighted by Gasteiger charge is 2.21. The molecule has 0 bridgehead atoms. The van der Waals surface area contributed by atoms with Crippen LogP contribution in [0.3, 0.4) is 0 Å². The zero-order chi connectivity index (χ0) is 15.4. The van der Waals surface area contributed by atoms with E-state index in [4.69, 9.17) is 11.6 Å². The zero-order valence-corrected chi connectivity index (χ0v) is 12.2. The quantitative estimate of drug-likeness (QED) is 0.847. The van der Waals surface area contributed by atoms with E-state index in [0.29, 0.717) is 12.1 Å². The summed E-state index contributed by atoms with van der Waals surface area (Å²) in [5.74, 6) is -1.86. The number of hydrogen-bond donors (Lipinski definition) is 1. The fraction of sp³-hybridized carbons (Fsp3) is 0.250. The molecule has 1 N–H and O–H groups in total. The molecule has 112 valence electrons. The number of halogens is 4. The van der Waals surface area contributed by atoms with Crippen LogP contribution < -0.4 is 5.32 Å². The molecule has 0 aliphatic rings. The first-order chi connectivity index (χ1) is 10.0. The van der Waals surface area contributed by atoms with Crippen molar-refractivity contribution in [2.75, 3.05) is 6.54 Å². The average molecular weight is 314 g/mol. The van der Waals surface area contributed by atoms with Crippen LogP contribution in [-0.2, 0) is 6.42 Å². The second-order valence-corrected chi connectivity index (χ2v) is 5.07. The van der Waals surface area contributed by atoms with Crippen LogP contribution in [0.4, 0.5) is 13.2 Å². The standard InChI is InChI=1S/C16H15ClF3N/c1-2-21-14(15-12(18)7-4-8-13(15)19)9-10-5-3-6-11(17)16(10)20/h3-8,14,21H,2,9H2,1H3. The van der Waals surface area contributed by atoms with E-state index in [-0.39, 0.29) is 17.0 Å². The van der Waals surface area contributed by atoms with Crippen molar-refractivity contribution < 1.29 is 13.2 Å². The maximum absolute atomic E-state index is 14.0. The van der Waals surface area contributed by atoms with Gasteiger partial charge in [-0.25, -0.2) is 13.2 Å². The molecule has 0 saturated heterocycles. The molecule has 5 heteroatoms. The highest BCUT2D eigenvalue weighted by atomic mass is 35.5. The number of hydrogen-bond acceptors (Lipinski definition) is 1. The summed E-state index contributed by atoms with van der Waals surface area (Å²) in [5.41, 5.74) is 0.231. The fourth-order valence-electron chi connectivity index (χ4n) is 2.29. The van der Waals surface area contributed by atoms with Crippen molar-refractivity contribution in [1.29, 1.82) is 0 Å². The SMILES string of the molecule is CCNC(Cc1cccc(Cl)c1F)c1c(F)cccc1F. The Morgan fingerprint density at radius 1 is 1.05 bits per heavy atom. The van der Waals surface area contributed by atoms with E-state index in [1.807, 2.05) is 6.92 Å². The fourth-order valence-corrected chi connectivity index (χ4v) is 2.49. The van der Waals surface area contributed by atoms with Gasteiger partial charge in [0, 0.05) is 11.6 Å². The minimum Gasteiger partial charge on any atom is -0.310 e. The zero-order valence-electron chi connectivity index (χ0n) is 11.5. The van der Waals surface area contributed by atoms with Gasteiger partial charge in [0.15, 0.2) is 0 Å². The Balaban J connectivity index is 2.38. The predicted molar refractivity (Wildman–Crippen MR) is 77.9 cm³/mol. The predicted octanol–water partition coefficient (Wildman–Crippen LogP) is 4.65. The molecule has 0 spiro atoms. The number of benzene rings is 2. The topological polar surface area (TPSA) is 12.0 Å². The Morgan fingerprint density at radius 2 is 1.67 bits per heavy atom. The summed E-state index contributed by atoms with van der Waals surface area (Å²) in [7, 11) is 0. The molecule has 0 aliphatic carbocycles. The number of nitrogens with one attached hydrogen (secondary N) is 1. The smallest absolute Gasteiger partial charge is 0.145 e. The van der Waals surface area contributed by atoms with Crippen molar-refractivity contribution >= 4 is 11.6 Å². The second-order valence-electron chi connectivity index (χ2n) is 4.66. The van der Waals surface area contributed by atoms with E-state index >= 15 is 0 Å². The van der Waals surface area contributed by atoms with Gasteiger partial charge in [0.2, 0.25) is 0 Å².